The summed E-state index contributed by atoms with van der Waals surface area (Å²) < 4.78 is 1.82. The van der Waals surface area contributed by atoms with Crippen molar-refractivity contribution in [2.24, 2.45) is 0 Å². The smallest absolute Gasteiger partial charge is 0.250 e. The third-order valence-corrected chi connectivity index (χ3v) is 1.55. The minimum absolute atomic E-state index is 0. The number of rotatable bonds is 2. The molecule has 1 N–H and O–H groups in total. The summed E-state index contributed by atoms with van der Waals surface area (Å²) in [5.74, 6) is 0. The van der Waals surface area contributed by atoms with Gasteiger partial charge in [-0.3, -0.25) is 0 Å². The van der Waals surface area contributed by atoms with Gasteiger partial charge in [0.05, 0.1) is 0 Å². The van der Waals surface area contributed by atoms with Crippen LogP contribution in [0.25, 0.3) is 0 Å². The molecule has 0 spiro atoms. The summed E-state index contributed by atoms with van der Waals surface area (Å²) in [6.45, 7) is 2.14. The molecule has 0 bridgehead atoms. The van der Waals surface area contributed by atoms with Crippen LogP contribution in [0, 0.1) is 0 Å². The van der Waals surface area contributed by atoms with E-state index < -0.39 is 0 Å². The fourth-order valence-electron chi connectivity index (χ4n) is 0.971. The third-order valence-electron chi connectivity index (χ3n) is 1.55. The van der Waals surface area contributed by atoms with Crippen molar-refractivity contribution in [1.29, 1.82) is 0 Å². The summed E-state index contributed by atoms with van der Waals surface area (Å²) in [5, 5.41) is 8.81. The molecule has 1 rings (SSSR count). The van der Waals surface area contributed by atoms with Crippen LogP contribution in [0.4, 0.5) is 0 Å². The molecule has 1 aromatic heterocycles. The lowest BCUT2D eigenvalue weighted by atomic mass is 10.3. The van der Waals surface area contributed by atoms with Crippen LogP contribution < -0.4 is 17.0 Å². The average molecular weight is 174 g/mol. The van der Waals surface area contributed by atoms with E-state index in [0.29, 0.717) is 0 Å². The standard InChI is InChI=1S/C8H12NO.ClH/c1-2-8-5-3-4-6-9(8)7-10;/h3-6,10H,2,7H2,1H3;1H/q+1;/p-1. The Morgan fingerprint density at radius 2 is 2.18 bits per heavy atom. The molecular weight excluding hydrogens is 162 g/mol. The molecule has 0 unspecified atom stereocenters. The predicted molar refractivity (Wildman–Crippen MR) is 38.2 cm³/mol. The molecule has 0 saturated heterocycles. The number of hydrogen-bond acceptors (Lipinski definition) is 1. The molecular formula is C8H12ClNO. The largest absolute Gasteiger partial charge is 1.00 e. The number of hydrogen-bond donors (Lipinski definition) is 1. The normalized spacial score (nSPS) is 8.91. The number of aryl methyl sites for hydroxylation is 1. The minimum Gasteiger partial charge on any atom is -1.00 e. The van der Waals surface area contributed by atoms with Gasteiger partial charge in [-0.25, -0.2) is 0 Å². The number of halogens is 1. The van der Waals surface area contributed by atoms with Crippen molar-refractivity contribution in [2.45, 2.75) is 20.1 Å². The fourth-order valence-corrected chi connectivity index (χ4v) is 0.971. The van der Waals surface area contributed by atoms with Crippen molar-refractivity contribution in [3.05, 3.63) is 30.1 Å². The number of aromatic nitrogens is 1. The zero-order valence-corrected chi connectivity index (χ0v) is 7.25. The molecule has 3 heteroatoms. The highest BCUT2D eigenvalue weighted by atomic mass is 35.5. The van der Waals surface area contributed by atoms with E-state index in [9.17, 15) is 0 Å². The first-order valence-electron chi connectivity index (χ1n) is 3.46. The van der Waals surface area contributed by atoms with Gasteiger partial charge in [-0.05, 0) is 0 Å². The van der Waals surface area contributed by atoms with Crippen LogP contribution in [0.2, 0.25) is 0 Å². The zero-order chi connectivity index (χ0) is 7.40. The van der Waals surface area contributed by atoms with E-state index in [1.165, 1.54) is 0 Å². The molecule has 62 valence electrons. The number of pyridine rings is 1. The van der Waals surface area contributed by atoms with E-state index in [0.717, 1.165) is 12.1 Å². The van der Waals surface area contributed by atoms with Crippen LogP contribution in [0.3, 0.4) is 0 Å². The highest BCUT2D eigenvalue weighted by Crippen LogP contribution is 1.90. The second kappa shape index (κ2) is 5.10. The Bertz CT molecular complexity index is 192. The first-order valence-corrected chi connectivity index (χ1v) is 3.46. The Morgan fingerprint density at radius 3 is 2.64 bits per heavy atom. The van der Waals surface area contributed by atoms with E-state index in [1.54, 1.807) is 0 Å². The van der Waals surface area contributed by atoms with E-state index in [2.05, 4.69) is 6.92 Å². The molecule has 0 fully saturated rings. The Balaban J connectivity index is 0.000001000. The van der Waals surface area contributed by atoms with Gasteiger partial charge in [0.2, 0.25) is 6.73 Å². The lowest BCUT2D eigenvalue weighted by Gasteiger charge is -1.95. The van der Waals surface area contributed by atoms with Crippen LogP contribution in [-0.4, -0.2) is 5.11 Å². The first kappa shape index (κ1) is 10.4. The Labute approximate surface area is 72.9 Å². The van der Waals surface area contributed by atoms with Gasteiger partial charge in [0.25, 0.3) is 0 Å². The zero-order valence-electron chi connectivity index (χ0n) is 6.50. The maximum atomic E-state index is 8.81. The molecule has 0 amide bonds. The maximum absolute atomic E-state index is 8.81. The van der Waals surface area contributed by atoms with Crippen LogP contribution in [0.5, 0.6) is 0 Å². The van der Waals surface area contributed by atoms with Crippen LogP contribution in [0.1, 0.15) is 12.6 Å². The molecule has 1 heterocycles. The van der Waals surface area contributed by atoms with Crippen LogP contribution in [-0.2, 0) is 13.2 Å². The Morgan fingerprint density at radius 1 is 1.45 bits per heavy atom. The SMILES string of the molecule is CCc1cccc[n+]1CO.[Cl-]. The summed E-state index contributed by atoms with van der Waals surface area (Å²) >= 11 is 0. The fraction of sp³-hybridized carbons (Fsp3) is 0.375. The van der Waals surface area contributed by atoms with E-state index in [1.807, 2.05) is 29.0 Å². The number of aliphatic hydroxyl groups excluding tert-OH is 1. The highest BCUT2D eigenvalue weighted by molar-refractivity contribution is 4.96. The molecule has 0 aliphatic heterocycles. The monoisotopic (exact) mass is 173 g/mol. The van der Waals surface area contributed by atoms with E-state index in [-0.39, 0.29) is 19.1 Å². The number of nitrogens with zero attached hydrogens (tertiary/aromatic N) is 1. The first-order chi connectivity index (χ1) is 4.88. The van der Waals surface area contributed by atoms with Gasteiger partial charge in [-0.15, -0.1) is 0 Å². The second-order valence-corrected chi connectivity index (χ2v) is 2.16. The summed E-state index contributed by atoms with van der Waals surface area (Å²) in [5.41, 5.74) is 1.16. The maximum Gasteiger partial charge on any atom is 0.250 e. The van der Waals surface area contributed by atoms with Crippen molar-refractivity contribution in [3.63, 3.8) is 0 Å². The molecule has 0 atom stereocenters. The molecule has 0 aromatic carbocycles. The average Bonchev–Trinajstić information content (AvgIpc) is 2.04. The van der Waals surface area contributed by atoms with Gasteiger partial charge in [0.15, 0.2) is 11.9 Å². The molecule has 1 aromatic rings. The third kappa shape index (κ3) is 2.48. The topological polar surface area (TPSA) is 24.1 Å². The second-order valence-electron chi connectivity index (χ2n) is 2.16. The molecule has 2 nitrogen and oxygen atoms in total. The molecule has 0 aliphatic rings. The van der Waals surface area contributed by atoms with Crippen molar-refractivity contribution in [2.75, 3.05) is 0 Å². The predicted octanol–water partition coefficient (Wildman–Crippen LogP) is -2.51. The van der Waals surface area contributed by atoms with Crippen molar-refractivity contribution in [3.8, 4) is 0 Å². The van der Waals surface area contributed by atoms with Gasteiger partial charge in [-0.1, -0.05) is 13.0 Å². The lowest BCUT2D eigenvalue weighted by molar-refractivity contribution is -0.736. The van der Waals surface area contributed by atoms with Crippen LogP contribution >= 0.6 is 0 Å². The van der Waals surface area contributed by atoms with Crippen molar-refractivity contribution in [1.82, 2.24) is 0 Å². The Kier molecular flexibility index (Phi) is 4.83. The summed E-state index contributed by atoms with van der Waals surface area (Å²) in [6.07, 6.45) is 2.83. The molecule has 0 radical (unpaired) electrons. The highest BCUT2D eigenvalue weighted by Gasteiger charge is 2.02. The Hall–Kier alpha value is -0.600. The van der Waals surface area contributed by atoms with E-state index >= 15 is 0 Å². The van der Waals surface area contributed by atoms with Gasteiger partial charge < -0.3 is 17.5 Å². The quantitative estimate of drug-likeness (QED) is 0.491. The minimum atomic E-state index is 0. The molecule has 0 saturated carbocycles. The van der Waals surface area contributed by atoms with Crippen molar-refractivity contribution >= 4 is 0 Å². The lowest BCUT2D eigenvalue weighted by Crippen LogP contribution is -3.00. The van der Waals surface area contributed by atoms with Gasteiger partial charge in [0.1, 0.15) is 0 Å². The number of aliphatic hydroxyl groups is 1. The summed E-state index contributed by atoms with van der Waals surface area (Å²) in [4.78, 5) is 0. The van der Waals surface area contributed by atoms with Gasteiger partial charge in [-0.2, -0.15) is 4.57 Å². The van der Waals surface area contributed by atoms with Crippen molar-refractivity contribution < 1.29 is 22.1 Å². The molecule has 11 heavy (non-hydrogen) atoms. The van der Waals surface area contributed by atoms with Gasteiger partial charge >= 0.3 is 0 Å². The van der Waals surface area contributed by atoms with Gasteiger partial charge in [0, 0.05) is 18.6 Å². The molecule has 0 aliphatic carbocycles. The summed E-state index contributed by atoms with van der Waals surface area (Å²) in [6, 6.07) is 5.90. The van der Waals surface area contributed by atoms with Crippen LogP contribution in [0.15, 0.2) is 24.4 Å². The summed E-state index contributed by atoms with van der Waals surface area (Å²) in [7, 11) is 0. The van der Waals surface area contributed by atoms with E-state index in [4.69, 9.17) is 5.11 Å².